The number of benzene rings is 1. The molecule has 0 saturated carbocycles. The van der Waals surface area contributed by atoms with E-state index in [-0.39, 0.29) is 11.3 Å². The molecule has 1 N–H and O–H groups in total. The van der Waals surface area contributed by atoms with Crippen molar-refractivity contribution in [2.75, 3.05) is 0 Å². The summed E-state index contributed by atoms with van der Waals surface area (Å²) in [5.74, 6) is 0.288. The van der Waals surface area contributed by atoms with Crippen LogP contribution in [0.1, 0.15) is 39.0 Å². The zero-order valence-corrected chi connectivity index (χ0v) is 12.4. The van der Waals surface area contributed by atoms with Gasteiger partial charge in [-0.1, -0.05) is 31.2 Å². The van der Waals surface area contributed by atoms with E-state index in [0.717, 1.165) is 17.7 Å². The van der Waals surface area contributed by atoms with Gasteiger partial charge in [0.2, 0.25) is 0 Å². The fourth-order valence-electron chi connectivity index (χ4n) is 2.39. The predicted molar refractivity (Wildman–Crippen MR) is 78.4 cm³/mol. The van der Waals surface area contributed by atoms with Crippen LogP contribution in [0.4, 0.5) is 0 Å². The van der Waals surface area contributed by atoms with Crippen molar-refractivity contribution in [1.29, 1.82) is 0 Å². The van der Waals surface area contributed by atoms with Gasteiger partial charge in [0.05, 0.1) is 11.2 Å². The summed E-state index contributed by atoms with van der Waals surface area (Å²) in [5, 5.41) is 15.0. The van der Waals surface area contributed by atoms with Gasteiger partial charge in [-0.3, -0.25) is 4.68 Å². The van der Waals surface area contributed by atoms with Gasteiger partial charge in [0.25, 0.3) is 0 Å². The number of nitrogens with zero attached hydrogens (tertiary/aromatic N) is 2. The fraction of sp³-hybridized carbons (Fsp3) is 0.438. The van der Waals surface area contributed by atoms with Crippen LogP contribution in [-0.4, -0.2) is 14.9 Å². The Bertz CT molecular complexity index is 591. The Morgan fingerprint density at radius 1 is 1.21 bits per heavy atom. The van der Waals surface area contributed by atoms with Crippen molar-refractivity contribution < 1.29 is 5.11 Å². The molecule has 2 aromatic rings. The molecule has 19 heavy (non-hydrogen) atoms. The molecule has 3 heteroatoms. The van der Waals surface area contributed by atoms with E-state index < -0.39 is 0 Å². The molecule has 1 aromatic heterocycles. The molecule has 0 aliphatic rings. The minimum atomic E-state index is -0.138. The standard InChI is InChI=1S/C16H22N2O/c1-6-12-9-7-8-10-13(12)14-15(19)11(2)18(17-14)16(3,4)5/h7-10,19H,6H2,1-5H3. The highest BCUT2D eigenvalue weighted by molar-refractivity contribution is 5.70. The van der Waals surface area contributed by atoms with Crippen LogP contribution in [0.25, 0.3) is 11.3 Å². The molecule has 1 heterocycles. The fourth-order valence-corrected chi connectivity index (χ4v) is 2.39. The highest BCUT2D eigenvalue weighted by Crippen LogP contribution is 2.35. The zero-order chi connectivity index (χ0) is 14.2. The number of aromatic nitrogens is 2. The van der Waals surface area contributed by atoms with Crippen molar-refractivity contribution >= 4 is 0 Å². The summed E-state index contributed by atoms with van der Waals surface area (Å²) in [6, 6.07) is 8.11. The maximum atomic E-state index is 10.4. The van der Waals surface area contributed by atoms with Crippen LogP contribution in [0.3, 0.4) is 0 Å². The molecule has 3 nitrogen and oxygen atoms in total. The Morgan fingerprint density at radius 3 is 2.37 bits per heavy atom. The third kappa shape index (κ3) is 2.37. The van der Waals surface area contributed by atoms with Gasteiger partial charge < -0.3 is 5.11 Å². The number of aromatic hydroxyl groups is 1. The first-order chi connectivity index (χ1) is 8.86. The van der Waals surface area contributed by atoms with Gasteiger partial charge in [0.15, 0.2) is 5.75 Å². The Balaban J connectivity index is 2.64. The monoisotopic (exact) mass is 258 g/mol. The van der Waals surface area contributed by atoms with Crippen molar-refractivity contribution in [2.24, 2.45) is 0 Å². The molecule has 0 radical (unpaired) electrons. The normalized spacial score (nSPS) is 11.8. The minimum Gasteiger partial charge on any atom is -0.504 e. The topological polar surface area (TPSA) is 38.0 Å². The molecule has 0 amide bonds. The minimum absolute atomic E-state index is 0.138. The van der Waals surface area contributed by atoms with E-state index in [0.29, 0.717) is 5.69 Å². The van der Waals surface area contributed by atoms with Crippen molar-refractivity contribution in [1.82, 2.24) is 9.78 Å². The van der Waals surface area contributed by atoms with Gasteiger partial charge >= 0.3 is 0 Å². The number of rotatable bonds is 2. The van der Waals surface area contributed by atoms with Crippen LogP contribution < -0.4 is 0 Å². The van der Waals surface area contributed by atoms with Crippen LogP contribution in [0.15, 0.2) is 24.3 Å². The summed E-state index contributed by atoms with van der Waals surface area (Å²) < 4.78 is 1.89. The number of hydrogen-bond acceptors (Lipinski definition) is 2. The Hall–Kier alpha value is -1.77. The van der Waals surface area contributed by atoms with Crippen LogP contribution in [-0.2, 0) is 12.0 Å². The van der Waals surface area contributed by atoms with Crippen molar-refractivity contribution in [3.8, 4) is 17.0 Å². The number of hydrogen-bond donors (Lipinski definition) is 1. The molecular formula is C16H22N2O. The van der Waals surface area contributed by atoms with Gasteiger partial charge in [-0.25, -0.2) is 0 Å². The second kappa shape index (κ2) is 4.72. The van der Waals surface area contributed by atoms with E-state index in [2.05, 4.69) is 38.9 Å². The average Bonchev–Trinajstić information content (AvgIpc) is 2.66. The van der Waals surface area contributed by atoms with Crippen LogP contribution in [0.5, 0.6) is 5.75 Å². The third-order valence-electron chi connectivity index (χ3n) is 3.37. The second-order valence-electron chi connectivity index (χ2n) is 5.88. The van der Waals surface area contributed by atoms with Crippen molar-refractivity contribution in [2.45, 2.75) is 46.6 Å². The average molecular weight is 258 g/mol. The van der Waals surface area contributed by atoms with Crippen LogP contribution in [0.2, 0.25) is 0 Å². The number of aryl methyl sites for hydroxylation is 1. The summed E-state index contributed by atoms with van der Waals surface area (Å²) in [6.07, 6.45) is 0.928. The molecule has 0 spiro atoms. The van der Waals surface area contributed by atoms with Gasteiger partial charge in [0.1, 0.15) is 5.69 Å². The molecule has 0 bridgehead atoms. The Morgan fingerprint density at radius 2 is 1.84 bits per heavy atom. The quantitative estimate of drug-likeness (QED) is 0.887. The first-order valence-electron chi connectivity index (χ1n) is 6.73. The zero-order valence-electron chi connectivity index (χ0n) is 12.4. The Kier molecular flexibility index (Phi) is 3.40. The van der Waals surface area contributed by atoms with Crippen molar-refractivity contribution in [3.05, 3.63) is 35.5 Å². The lowest BCUT2D eigenvalue weighted by Gasteiger charge is -2.20. The molecule has 1 aromatic carbocycles. The Labute approximate surface area is 114 Å². The van der Waals surface area contributed by atoms with E-state index in [1.807, 2.05) is 29.8 Å². The largest absolute Gasteiger partial charge is 0.504 e. The van der Waals surface area contributed by atoms with E-state index in [9.17, 15) is 5.11 Å². The molecule has 0 fully saturated rings. The molecule has 102 valence electrons. The lowest BCUT2D eigenvalue weighted by atomic mass is 10.0. The van der Waals surface area contributed by atoms with E-state index in [1.54, 1.807) is 0 Å². The van der Waals surface area contributed by atoms with E-state index in [4.69, 9.17) is 0 Å². The summed E-state index contributed by atoms with van der Waals surface area (Å²) >= 11 is 0. The maximum Gasteiger partial charge on any atom is 0.164 e. The van der Waals surface area contributed by atoms with E-state index in [1.165, 1.54) is 5.56 Å². The second-order valence-corrected chi connectivity index (χ2v) is 5.88. The van der Waals surface area contributed by atoms with Gasteiger partial charge in [-0.05, 0) is 39.7 Å². The van der Waals surface area contributed by atoms with Gasteiger partial charge in [0, 0.05) is 5.56 Å². The summed E-state index contributed by atoms with van der Waals surface area (Å²) in [6.45, 7) is 10.3. The van der Waals surface area contributed by atoms with Gasteiger partial charge in [-0.15, -0.1) is 0 Å². The molecule has 0 saturated heterocycles. The molecule has 0 atom stereocenters. The van der Waals surface area contributed by atoms with E-state index >= 15 is 0 Å². The van der Waals surface area contributed by atoms with Crippen molar-refractivity contribution in [3.63, 3.8) is 0 Å². The molecular weight excluding hydrogens is 236 g/mol. The first kappa shape index (κ1) is 13.7. The van der Waals surface area contributed by atoms with Gasteiger partial charge in [-0.2, -0.15) is 5.10 Å². The summed E-state index contributed by atoms with van der Waals surface area (Å²) in [5.41, 5.74) is 3.59. The van der Waals surface area contributed by atoms with Crippen LogP contribution >= 0.6 is 0 Å². The van der Waals surface area contributed by atoms with Crippen LogP contribution in [0, 0.1) is 6.92 Å². The first-order valence-corrected chi connectivity index (χ1v) is 6.73. The summed E-state index contributed by atoms with van der Waals surface area (Å²) in [7, 11) is 0. The molecule has 0 unspecified atom stereocenters. The third-order valence-corrected chi connectivity index (χ3v) is 3.37. The highest BCUT2D eigenvalue weighted by atomic mass is 16.3. The maximum absolute atomic E-state index is 10.4. The smallest absolute Gasteiger partial charge is 0.164 e. The lowest BCUT2D eigenvalue weighted by Crippen LogP contribution is -2.24. The lowest BCUT2D eigenvalue weighted by molar-refractivity contribution is 0.345. The molecule has 0 aliphatic heterocycles. The highest BCUT2D eigenvalue weighted by Gasteiger charge is 2.23. The molecule has 2 rings (SSSR count). The molecule has 0 aliphatic carbocycles. The predicted octanol–water partition coefficient (Wildman–Crippen LogP) is 3.88. The summed E-state index contributed by atoms with van der Waals surface area (Å²) in [4.78, 5) is 0. The SMILES string of the molecule is CCc1ccccc1-c1nn(C(C)(C)C)c(C)c1O.